The molecule has 2 saturated heterocycles. The van der Waals surface area contributed by atoms with Crippen molar-refractivity contribution in [1.29, 1.82) is 0 Å². The molecule has 2 unspecified atom stereocenters. The van der Waals surface area contributed by atoms with Crippen molar-refractivity contribution in [3.63, 3.8) is 0 Å². The molecule has 0 spiro atoms. The van der Waals surface area contributed by atoms with Crippen LogP contribution in [0.25, 0.3) is 12.2 Å². The number of rotatable bonds is 8. The van der Waals surface area contributed by atoms with E-state index in [0.717, 1.165) is 37.4 Å². The molecule has 2 aromatic carbocycles. The molecule has 6 nitrogen and oxygen atoms in total. The van der Waals surface area contributed by atoms with E-state index >= 15 is 0 Å². The monoisotopic (exact) mass is 352 g/mol. The highest BCUT2D eigenvalue weighted by Crippen LogP contribution is 2.23. The molecule has 0 amide bonds. The number of ether oxygens (including phenoxy) is 2. The largest absolute Gasteiger partial charge is 0.371 e. The van der Waals surface area contributed by atoms with E-state index in [9.17, 15) is 10.1 Å². The number of anilines is 1. The first-order chi connectivity index (χ1) is 12.7. The van der Waals surface area contributed by atoms with Gasteiger partial charge in [-0.3, -0.25) is 10.1 Å². The summed E-state index contributed by atoms with van der Waals surface area (Å²) in [6, 6.07) is 14.9. The summed E-state index contributed by atoms with van der Waals surface area (Å²) in [5.74, 6) is 0. The number of epoxide rings is 2. The van der Waals surface area contributed by atoms with Gasteiger partial charge in [-0.15, -0.1) is 0 Å². The zero-order valence-corrected chi connectivity index (χ0v) is 14.3. The fourth-order valence-electron chi connectivity index (χ4n) is 2.82. The van der Waals surface area contributed by atoms with Gasteiger partial charge >= 0.3 is 0 Å². The Morgan fingerprint density at radius 1 is 0.923 bits per heavy atom. The van der Waals surface area contributed by atoms with Crippen LogP contribution in [0.3, 0.4) is 0 Å². The van der Waals surface area contributed by atoms with Crippen molar-refractivity contribution < 1.29 is 14.4 Å². The number of non-ortho nitro benzene ring substituents is 1. The average molecular weight is 352 g/mol. The van der Waals surface area contributed by atoms with Gasteiger partial charge in [-0.2, -0.15) is 0 Å². The minimum Gasteiger partial charge on any atom is -0.371 e. The van der Waals surface area contributed by atoms with Gasteiger partial charge in [-0.05, 0) is 35.4 Å². The van der Waals surface area contributed by atoms with E-state index in [1.165, 1.54) is 17.8 Å². The maximum absolute atomic E-state index is 10.7. The molecule has 134 valence electrons. The van der Waals surface area contributed by atoms with Crippen LogP contribution in [0, 0.1) is 10.1 Å². The van der Waals surface area contributed by atoms with Crippen molar-refractivity contribution in [2.45, 2.75) is 12.2 Å². The molecular formula is C20H20N2O4. The van der Waals surface area contributed by atoms with Crippen molar-refractivity contribution in [1.82, 2.24) is 0 Å². The summed E-state index contributed by atoms with van der Waals surface area (Å²) in [5, 5.41) is 10.7. The Morgan fingerprint density at radius 3 is 1.81 bits per heavy atom. The van der Waals surface area contributed by atoms with Crippen LogP contribution in [0.5, 0.6) is 0 Å². The van der Waals surface area contributed by atoms with Crippen LogP contribution in [0.2, 0.25) is 0 Å². The maximum atomic E-state index is 10.7. The van der Waals surface area contributed by atoms with Crippen molar-refractivity contribution >= 4 is 23.5 Å². The highest BCUT2D eigenvalue weighted by Gasteiger charge is 2.30. The molecule has 0 N–H and O–H groups in total. The summed E-state index contributed by atoms with van der Waals surface area (Å²) in [5.41, 5.74) is 3.28. The van der Waals surface area contributed by atoms with Crippen molar-refractivity contribution in [3.05, 3.63) is 69.8 Å². The Balaban J connectivity index is 1.41. The van der Waals surface area contributed by atoms with Crippen LogP contribution in [0.1, 0.15) is 11.1 Å². The zero-order valence-electron chi connectivity index (χ0n) is 14.3. The summed E-state index contributed by atoms with van der Waals surface area (Å²) < 4.78 is 10.7. The Hall–Kier alpha value is -2.70. The summed E-state index contributed by atoms with van der Waals surface area (Å²) in [6.45, 7) is 3.49. The van der Waals surface area contributed by atoms with Gasteiger partial charge in [0.25, 0.3) is 5.69 Å². The second-order valence-electron chi connectivity index (χ2n) is 6.59. The third-order valence-corrected chi connectivity index (χ3v) is 4.48. The molecule has 2 aliphatic rings. The first kappa shape index (κ1) is 16.8. The molecule has 2 aliphatic heterocycles. The van der Waals surface area contributed by atoms with Gasteiger partial charge in [0, 0.05) is 30.9 Å². The lowest BCUT2D eigenvalue weighted by Crippen LogP contribution is -2.31. The van der Waals surface area contributed by atoms with Gasteiger partial charge in [-0.1, -0.05) is 24.3 Å². The third-order valence-electron chi connectivity index (χ3n) is 4.48. The fourth-order valence-corrected chi connectivity index (χ4v) is 2.82. The maximum Gasteiger partial charge on any atom is 0.269 e. The third kappa shape index (κ3) is 4.47. The van der Waals surface area contributed by atoms with Gasteiger partial charge in [0.1, 0.15) is 0 Å². The zero-order chi connectivity index (χ0) is 17.9. The predicted octanol–water partition coefficient (Wildman–Crippen LogP) is 3.37. The fraction of sp³-hybridized carbons (Fsp3) is 0.300. The summed E-state index contributed by atoms with van der Waals surface area (Å²) in [6.07, 6.45) is 4.64. The molecule has 0 radical (unpaired) electrons. The Kier molecular flexibility index (Phi) is 4.69. The van der Waals surface area contributed by atoms with Gasteiger partial charge in [0.15, 0.2) is 0 Å². The lowest BCUT2D eigenvalue weighted by Gasteiger charge is -2.23. The number of hydrogen-bond acceptors (Lipinski definition) is 5. The number of nitrogens with zero attached hydrogens (tertiary/aromatic N) is 2. The van der Waals surface area contributed by atoms with E-state index in [4.69, 9.17) is 9.47 Å². The van der Waals surface area contributed by atoms with Crippen LogP contribution < -0.4 is 4.90 Å². The van der Waals surface area contributed by atoms with E-state index in [-0.39, 0.29) is 5.69 Å². The molecule has 26 heavy (non-hydrogen) atoms. The van der Waals surface area contributed by atoms with E-state index in [0.29, 0.717) is 12.2 Å². The second kappa shape index (κ2) is 7.27. The van der Waals surface area contributed by atoms with E-state index in [1.807, 2.05) is 12.2 Å². The molecule has 2 fully saturated rings. The van der Waals surface area contributed by atoms with Crippen molar-refractivity contribution in [2.75, 3.05) is 31.2 Å². The molecule has 0 aromatic heterocycles. The van der Waals surface area contributed by atoms with Crippen LogP contribution in [-0.4, -0.2) is 43.4 Å². The topological polar surface area (TPSA) is 71.4 Å². The van der Waals surface area contributed by atoms with Gasteiger partial charge < -0.3 is 14.4 Å². The molecular weight excluding hydrogens is 332 g/mol. The minimum absolute atomic E-state index is 0.103. The molecule has 0 bridgehead atoms. The van der Waals surface area contributed by atoms with Crippen LogP contribution in [-0.2, 0) is 9.47 Å². The van der Waals surface area contributed by atoms with E-state index in [2.05, 4.69) is 29.2 Å². The molecule has 6 heteroatoms. The SMILES string of the molecule is O=[N+]([O-])c1ccc(/C=C/c2ccc(N(CC3CO3)CC3CO3)cc2)cc1. The van der Waals surface area contributed by atoms with Gasteiger partial charge in [0.2, 0.25) is 0 Å². The Morgan fingerprint density at radius 2 is 1.38 bits per heavy atom. The summed E-state index contributed by atoms with van der Waals surface area (Å²) >= 11 is 0. The molecule has 0 aliphatic carbocycles. The van der Waals surface area contributed by atoms with Crippen LogP contribution in [0.4, 0.5) is 11.4 Å². The first-order valence-electron chi connectivity index (χ1n) is 8.68. The second-order valence-corrected chi connectivity index (χ2v) is 6.59. The summed E-state index contributed by atoms with van der Waals surface area (Å²) in [7, 11) is 0. The summed E-state index contributed by atoms with van der Waals surface area (Å²) in [4.78, 5) is 12.6. The number of nitro benzene ring substituents is 1. The van der Waals surface area contributed by atoms with Gasteiger partial charge in [0.05, 0.1) is 30.3 Å². The highest BCUT2D eigenvalue weighted by atomic mass is 16.6. The first-order valence-corrected chi connectivity index (χ1v) is 8.68. The molecule has 4 rings (SSSR count). The number of benzene rings is 2. The molecule has 2 heterocycles. The molecule has 2 atom stereocenters. The van der Waals surface area contributed by atoms with Gasteiger partial charge in [-0.25, -0.2) is 0 Å². The van der Waals surface area contributed by atoms with Crippen LogP contribution >= 0.6 is 0 Å². The number of nitro groups is 1. The molecule has 2 aromatic rings. The average Bonchev–Trinajstić information content (AvgIpc) is 3.57. The smallest absolute Gasteiger partial charge is 0.269 e. The lowest BCUT2D eigenvalue weighted by atomic mass is 10.1. The van der Waals surface area contributed by atoms with E-state index in [1.54, 1.807) is 12.1 Å². The van der Waals surface area contributed by atoms with Crippen molar-refractivity contribution in [3.8, 4) is 0 Å². The Bertz CT molecular complexity index is 780. The highest BCUT2D eigenvalue weighted by molar-refractivity contribution is 5.71. The quantitative estimate of drug-likeness (QED) is 0.315. The molecule has 0 saturated carbocycles. The van der Waals surface area contributed by atoms with Crippen LogP contribution in [0.15, 0.2) is 48.5 Å². The minimum atomic E-state index is -0.392. The predicted molar refractivity (Wildman–Crippen MR) is 100 cm³/mol. The standard InChI is InChI=1S/C20H20N2O4/c23-22(24)18-9-5-16(6-10-18)2-1-15-3-7-17(8-4-15)21(11-19-13-25-19)12-20-14-26-20/h1-10,19-20H,11-14H2/b2-1+. The van der Waals surface area contributed by atoms with E-state index < -0.39 is 4.92 Å². The lowest BCUT2D eigenvalue weighted by molar-refractivity contribution is -0.384. The van der Waals surface area contributed by atoms with Crippen molar-refractivity contribution in [2.24, 2.45) is 0 Å². The Labute approximate surface area is 151 Å². The number of hydrogen-bond donors (Lipinski definition) is 0. The normalized spacial score (nSPS) is 20.9.